The van der Waals surface area contributed by atoms with Crippen molar-refractivity contribution in [1.29, 1.82) is 0 Å². The second-order valence-electron chi connectivity index (χ2n) is 9.96. The van der Waals surface area contributed by atoms with Crippen LogP contribution in [0.1, 0.15) is 37.2 Å². The van der Waals surface area contributed by atoms with Crippen LogP contribution in [0, 0.1) is 5.92 Å². The van der Waals surface area contributed by atoms with E-state index in [0.717, 1.165) is 38.0 Å². The van der Waals surface area contributed by atoms with E-state index in [1.54, 1.807) is 7.11 Å². The van der Waals surface area contributed by atoms with Gasteiger partial charge in [0.15, 0.2) is 0 Å². The summed E-state index contributed by atoms with van der Waals surface area (Å²) in [6.45, 7) is 6.69. The molecule has 0 bridgehead atoms. The van der Waals surface area contributed by atoms with Crippen LogP contribution in [0.15, 0.2) is 48.5 Å². The van der Waals surface area contributed by atoms with Crippen LogP contribution in [-0.4, -0.2) is 80.1 Å². The molecule has 3 atom stereocenters. The van der Waals surface area contributed by atoms with Gasteiger partial charge in [-0.3, -0.25) is 4.90 Å². The maximum Gasteiger partial charge on any atom is 0.119 e. The van der Waals surface area contributed by atoms with Crippen molar-refractivity contribution < 1.29 is 14.6 Å². The Morgan fingerprint density at radius 3 is 2.55 bits per heavy atom. The maximum atomic E-state index is 10.3. The van der Waals surface area contributed by atoms with Crippen molar-refractivity contribution in [1.82, 2.24) is 9.80 Å². The Morgan fingerprint density at radius 1 is 1.00 bits per heavy atom. The minimum absolute atomic E-state index is 0.235. The predicted molar refractivity (Wildman–Crippen MR) is 132 cm³/mol. The molecule has 2 aromatic carbocycles. The molecule has 0 radical (unpaired) electrons. The third-order valence-electron chi connectivity index (χ3n) is 8.01. The summed E-state index contributed by atoms with van der Waals surface area (Å²) in [5.74, 6) is 2.04. The standard InChI is InChI=1S/C28H38N2O3/c1-32-25-6-4-5-24(17-25)22-7-9-23(10-8-22)28-26-19-29(18-21-11-15-33-16-12-21)13-2-3-14-30(26)27(28)20-31/h4-10,17,21,26-28,31H,2-3,11-16,18-20H2,1H3/t26-,27-,28-/m0/s1. The first-order valence-electron chi connectivity index (χ1n) is 12.7. The van der Waals surface area contributed by atoms with Gasteiger partial charge in [-0.2, -0.15) is 0 Å². The summed E-state index contributed by atoms with van der Waals surface area (Å²) in [6, 6.07) is 18.0. The number of benzene rings is 2. The lowest BCUT2D eigenvalue weighted by molar-refractivity contribution is -0.0677. The molecule has 3 fully saturated rings. The molecule has 5 rings (SSSR count). The molecule has 178 valence electrons. The van der Waals surface area contributed by atoms with Gasteiger partial charge in [-0.15, -0.1) is 0 Å². The van der Waals surface area contributed by atoms with E-state index in [-0.39, 0.29) is 12.6 Å². The third kappa shape index (κ3) is 4.97. The Bertz CT molecular complexity index is 896. The van der Waals surface area contributed by atoms with Crippen molar-refractivity contribution in [2.24, 2.45) is 5.92 Å². The highest BCUT2D eigenvalue weighted by Gasteiger charge is 2.49. The molecule has 5 heteroatoms. The van der Waals surface area contributed by atoms with Gasteiger partial charge >= 0.3 is 0 Å². The first-order valence-corrected chi connectivity index (χ1v) is 12.7. The minimum Gasteiger partial charge on any atom is -0.497 e. The van der Waals surface area contributed by atoms with Crippen molar-refractivity contribution in [3.8, 4) is 16.9 Å². The monoisotopic (exact) mass is 450 g/mol. The molecule has 2 aromatic rings. The number of hydrogen-bond donors (Lipinski definition) is 1. The van der Waals surface area contributed by atoms with Gasteiger partial charge in [0.05, 0.1) is 13.7 Å². The maximum absolute atomic E-state index is 10.3. The Hall–Kier alpha value is -1.92. The summed E-state index contributed by atoms with van der Waals surface area (Å²) < 4.78 is 11.0. The minimum atomic E-state index is 0.235. The Labute approximate surface area is 198 Å². The van der Waals surface area contributed by atoms with Crippen LogP contribution in [0.3, 0.4) is 0 Å². The number of fused-ring (bicyclic) bond motifs is 1. The second-order valence-corrected chi connectivity index (χ2v) is 9.96. The van der Waals surface area contributed by atoms with Gasteiger partial charge in [0.25, 0.3) is 0 Å². The number of ether oxygens (including phenoxy) is 2. The van der Waals surface area contributed by atoms with Gasteiger partial charge in [0.1, 0.15) is 5.75 Å². The fraction of sp³-hybridized carbons (Fsp3) is 0.571. The van der Waals surface area contributed by atoms with Crippen LogP contribution in [0.5, 0.6) is 5.75 Å². The zero-order valence-electron chi connectivity index (χ0n) is 19.9. The van der Waals surface area contributed by atoms with Gasteiger partial charge < -0.3 is 19.5 Å². The number of hydrogen-bond acceptors (Lipinski definition) is 5. The van der Waals surface area contributed by atoms with Gasteiger partial charge in [0.2, 0.25) is 0 Å². The lowest BCUT2D eigenvalue weighted by Gasteiger charge is -2.57. The fourth-order valence-corrected chi connectivity index (χ4v) is 6.17. The number of rotatable bonds is 6. The average molecular weight is 451 g/mol. The van der Waals surface area contributed by atoms with E-state index in [1.165, 1.54) is 55.5 Å². The number of nitrogens with zero attached hydrogens (tertiary/aromatic N) is 2. The zero-order valence-corrected chi connectivity index (χ0v) is 19.9. The molecule has 0 aliphatic carbocycles. The summed E-state index contributed by atoms with van der Waals surface area (Å²) in [6.07, 6.45) is 4.86. The largest absolute Gasteiger partial charge is 0.497 e. The van der Waals surface area contributed by atoms with E-state index in [0.29, 0.717) is 12.0 Å². The normalized spacial score (nSPS) is 27.3. The summed E-state index contributed by atoms with van der Waals surface area (Å²) in [7, 11) is 1.71. The van der Waals surface area contributed by atoms with Crippen molar-refractivity contribution in [2.45, 2.75) is 43.7 Å². The SMILES string of the molecule is COc1cccc(-c2ccc([C@@H]3[C@H](CO)N4CCCCN(CC5CCOCC5)C[C@@H]34)cc2)c1. The van der Waals surface area contributed by atoms with E-state index < -0.39 is 0 Å². The van der Waals surface area contributed by atoms with Gasteiger partial charge in [-0.25, -0.2) is 0 Å². The highest BCUT2D eigenvalue weighted by Crippen LogP contribution is 2.42. The molecule has 0 aromatic heterocycles. The van der Waals surface area contributed by atoms with Crippen molar-refractivity contribution in [3.63, 3.8) is 0 Å². The number of aliphatic hydroxyl groups is 1. The smallest absolute Gasteiger partial charge is 0.119 e. The zero-order chi connectivity index (χ0) is 22.6. The van der Waals surface area contributed by atoms with Crippen LogP contribution in [0.25, 0.3) is 11.1 Å². The van der Waals surface area contributed by atoms with E-state index in [2.05, 4.69) is 46.2 Å². The second kappa shape index (κ2) is 10.6. The Kier molecular flexibility index (Phi) is 7.31. The van der Waals surface area contributed by atoms with Crippen molar-refractivity contribution >= 4 is 0 Å². The van der Waals surface area contributed by atoms with Gasteiger partial charge in [0, 0.05) is 44.3 Å². The average Bonchev–Trinajstić information content (AvgIpc) is 2.85. The highest BCUT2D eigenvalue weighted by molar-refractivity contribution is 5.65. The summed E-state index contributed by atoms with van der Waals surface area (Å²) in [4.78, 5) is 5.29. The fourth-order valence-electron chi connectivity index (χ4n) is 6.17. The molecule has 3 heterocycles. The van der Waals surface area contributed by atoms with E-state index in [4.69, 9.17) is 9.47 Å². The molecule has 3 aliphatic rings. The highest BCUT2D eigenvalue weighted by atomic mass is 16.5. The summed E-state index contributed by atoms with van der Waals surface area (Å²) >= 11 is 0. The molecular weight excluding hydrogens is 412 g/mol. The topological polar surface area (TPSA) is 45.2 Å². The molecule has 33 heavy (non-hydrogen) atoms. The Morgan fingerprint density at radius 2 is 1.79 bits per heavy atom. The predicted octanol–water partition coefficient (Wildman–Crippen LogP) is 4.01. The van der Waals surface area contributed by atoms with Crippen LogP contribution in [0.4, 0.5) is 0 Å². The third-order valence-corrected chi connectivity index (χ3v) is 8.01. The summed E-state index contributed by atoms with van der Waals surface area (Å²) in [5.41, 5.74) is 3.73. The number of methoxy groups -OCH3 is 1. The molecule has 3 saturated heterocycles. The first kappa shape index (κ1) is 22.9. The van der Waals surface area contributed by atoms with Gasteiger partial charge in [-0.05, 0) is 73.5 Å². The summed E-state index contributed by atoms with van der Waals surface area (Å²) in [5, 5.41) is 10.3. The number of aliphatic hydroxyl groups excluding tert-OH is 1. The molecular formula is C28H38N2O3. The Balaban J connectivity index is 1.32. The molecule has 3 aliphatic heterocycles. The molecule has 0 amide bonds. The van der Waals surface area contributed by atoms with Crippen LogP contribution in [0.2, 0.25) is 0 Å². The van der Waals surface area contributed by atoms with Crippen LogP contribution >= 0.6 is 0 Å². The lowest BCUT2D eigenvalue weighted by atomic mass is 9.74. The van der Waals surface area contributed by atoms with Crippen molar-refractivity contribution in [2.75, 3.05) is 53.1 Å². The van der Waals surface area contributed by atoms with Crippen molar-refractivity contribution in [3.05, 3.63) is 54.1 Å². The van der Waals surface area contributed by atoms with Gasteiger partial charge in [-0.1, -0.05) is 36.4 Å². The first-order chi connectivity index (χ1) is 16.3. The van der Waals surface area contributed by atoms with Crippen LogP contribution < -0.4 is 4.74 Å². The van der Waals surface area contributed by atoms with E-state index >= 15 is 0 Å². The van der Waals surface area contributed by atoms with E-state index in [1.807, 2.05) is 12.1 Å². The van der Waals surface area contributed by atoms with Crippen LogP contribution in [-0.2, 0) is 4.74 Å². The molecule has 0 spiro atoms. The molecule has 1 N–H and O–H groups in total. The van der Waals surface area contributed by atoms with E-state index in [9.17, 15) is 5.11 Å². The molecule has 0 unspecified atom stereocenters. The lowest BCUT2D eigenvalue weighted by Crippen LogP contribution is -2.67. The quantitative estimate of drug-likeness (QED) is 0.720. The molecule has 0 saturated carbocycles. The molecule has 5 nitrogen and oxygen atoms in total.